The van der Waals surface area contributed by atoms with E-state index in [4.69, 9.17) is 0 Å². The first-order valence-corrected chi connectivity index (χ1v) is 5.99. The zero-order valence-electron chi connectivity index (χ0n) is 10.1. The van der Waals surface area contributed by atoms with Crippen LogP contribution in [0.5, 0.6) is 0 Å². The van der Waals surface area contributed by atoms with E-state index >= 15 is 0 Å². The van der Waals surface area contributed by atoms with Crippen LogP contribution in [-0.4, -0.2) is 0 Å². The van der Waals surface area contributed by atoms with E-state index in [9.17, 15) is 0 Å². The third kappa shape index (κ3) is 3.00. The van der Waals surface area contributed by atoms with Gasteiger partial charge in [0.15, 0.2) is 0 Å². The van der Waals surface area contributed by atoms with Crippen molar-refractivity contribution in [2.75, 3.05) is 0 Å². The first-order chi connectivity index (χ1) is 5.99. The Morgan fingerprint density at radius 1 is 1.15 bits per heavy atom. The van der Waals surface area contributed by atoms with E-state index in [2.05, 4.69) is 34.6 Å². The number of hydrogen-bond donors (Lipinski definition) is 0. The molecule has 1 aliphatic rings. The highest BCUT2D eigenvalue weighted by Crippen LogP contribution is 2.53. The fourth-order valence-corrected chi connectivity index (χ4v) is 2.62. The Labute approximate surface area is 84.1 Å². The molecule has 0 bridgehead atoms. The Morgan fingerprint density at radius 2 is 1.69 bits per heavy atom. The smallest absolute Gasteiger partial charge is 0.0334 e. The van der Waals surface area contributed by atoms with Crippen LogP contribution in [0.2, 0.25) is 0 Å². The summed E-state index contributed by atoms with van der Waals surface area (Å²) in [6.07, 6.45) is 5.75. The molecule has 1 fully saturated rings. The molecule has 2 unspecified atom stereocenters. The van der Waals surface area contributed by atoms with Crippen LogP contribution >= 0.6 is 0 Å². The van der Waals surface area contributed by atoms with Gasteiger partial charge in [-0.2, -0.15) is 0 Å². The molecule has 0 saturated heterocycles. The summed E-state index contributed by atoms with van der Waals surface area (Å²) in [7, 11) is 0. The van der Waals surface area contributed by atoms with Gasteiger partial charge < -0.3 is 0 Å². The lowest BCUT2D eigenvalue weighted by atomic mass is 9.86. The predicted octanol–water partition coefficient (Wildman–Crippen LogP) is 4.49. The van der Waals surface area contributed by atoms with E-state index < -0.39 is 0 Å². The van der Waals surface area contributed by atoms with Crippen LogP contribution in [0.1, 0.15) is 60.3 Å². The summed E-state index contributed by atoms with van der Waals surface area (Å²) in [5.74, 6) is 3.08. The minimum atomic E-state index is 0.566. The molecule has 0 heterocycles. The highest BCUT2D eigenvalue weighted by atomic mass is 14.5. The highest BCUT2D eigenvalue weighted by Gasteiger charge is 2.44. The molecule has 2 atom stereocenters. The number of hydrogen-bond acceptors (Lipinski definition) is 0. The topological polar surface area (TPSA) is 0 Å². The molecule has 0 aliphatic heterocycles. The molecular formula is C13H26. The summed E-state index contributed by atoms with van der Waals surface area (Å²) in [5.41, 5.74) is 0.566. The Bertz CT molecular complexity index is 148. The van der Waals surface area contributed by atoms with Gasteiger partial charge in [0, 0.05) is 0 Å². The van der Waals surface area contributed by atoms with Crippen molar-refractivity contribution >= 4 is 0 Å². The molecule has 0 N–H and O–H groups in total. The van der Waals surface area contributed by atoms with Crippen LogP contribution < -0.4 is 0 Å². The minimum absolute atomic E-state index is 0.566. The van der Waals surface area contributed by atoms with E-state index in [1.54, 1.807) is 0 Å². The second-order valence-electron chi connectivity index (χ2n) is 5.89. The Morgan fingerprint density at radius 3 is 2.00 bits per heavy atom. The molecule has 0 spiro atoms. The van der Waals surface area contributed by atoms with Gasteiger partial charge in [0.2, 0.25) is 0 Å². The van der Waals surface area contributed by atoms with E-state index in [-0.39, 0.29) is 0 Å². The van der Waals surface area contributed by atoms with Gasteiger partial charge in [0.05, 0.1) is 0 Å². The molecule has 0 heteroatoms. The van der Waals surface area contributed by atoms with Gasteiger partial charge in [-0.25, -0.2) is 0 Å². The summed E-state index contributed by atoms with van der Waals surface area (Å²) in [6, 6.07) is 0. The average molecular weight is 182 g/mol. The summed E-state index contributed by atoms with van der Waals surface area (Å²) >= 11 is 0. The summed E-state index contributed by atoms with van der Waals surface area (Å²) in [5, 5.41) is 0. The highest BCUT2D eigenvalue weighted by molar-refractivity contribution is 4.94. The van der Waals surface area contributed by atoms with Crippen molar-refractivity contribution in [1.29, 1.82) is 0 Å². The van der Waals surface area contributed by atoms with Crippen molar-refractivity contribution in [2.45, 2.75) is 60.3 Å². The van der Waals surface area contributed by atoms with E-state index in [0.717, 1.165) is 17.8 Å². The molecule has 0 amide bonds. The molecule has 0 aromatic carbocycles. The lowest BCUT2D eigenvalue weighted by Gasteiger charge is -2.19. The maximum atomic E-state index is 2.39. The van der Waals surface area contributed by atoms with E-state index in [0.29, 0.717) is 5.41 Å². The minimum Gasteiger partial charge on any atom is -0.0651 e. The quantitative estimate of drug-likeness (QED) is 0.600. The standard InChI is InChI=1S/C13H26/c1-6-10(7-2)8-11-9-12(11)13(3,4)5/h10-12H,6-9H2,1-5H3. The van der Waals surface area contributed by atoms with Crippen molar-refractivity contribution < 1.29 is 0 Å². The molecule has 1 rings (SSSR count). The predicted molar refractivity (Wildman–Crippen MR) is 59.7 cm³/mol. The van der Waals surface area contributed by atoms with Crippen molar-refractivity contribution in [2.24, 2.45) is 23.2 Å². The van der Waals surface area contributed by atoms with Crippen molar-refractivity contribution in [3.8, 4) is 0 Å². The molecule has 0 aromatic rings. The zero-order valence-corrected chi connectivity index (χ0v) is 10.1. The second kappa shape index (κ2) is 4.02. The number of rotatable bonds is 4. The van der Waals surface area contributed by atoms with Crippen molar-refractivity contribution in [3.63, 3.8) is 0 Å². The molecule has 0 nitrogen and oxygen atoms in total. The Balaban J connectivity index is 2.27. The van der Waals surface area contributed by atoms with Crippen molar-refractivity contribution in [3.05, 3.63) is 0 Å². The van der Waals surface area contributed by atoms with Crippen LogP contribution in [0.25, 0.3) is 0 Å². The molecule has 0 radical (unpaired) electrons. The molecular weight excluding hydrogens is 156 g/mol. The van der Waals surface area contributed by atoms with Crippen LogP contribution in [-0.2, 0) is 0 Å². The molecule has 78 valence electrons. The zero-order chi connectivity index (χ0) is 10.1. The lowest BCUT2D eigenvalue weighted by molar-refractivity contribution is 0.307. The third-order valence-electron chi connectivity index (χ3n) is 3.83. The van der Waals surface area contributed by atoms with Gasteiger partial charge in [0.25, 0.3) is 0 Å². The average Bonchev–Trinajstić information content (AvgIpc) is 2.78. The van der Waals surface area contributed by atoms with Gasteiger partial charge in [-0.05, 0) is 36.0 Å². The largest absolute Gasteiger partial charge is 0.0651 e. The first kappa shape index (κ1) is 11.1. The summed E-state index contributed by atoms with van der Waals surface area (Å²) < 4.78 is 0. The SMILES string of the molecule is CCC(CC)CC1CC1C(C)(C)C. The van der Waals surface area contributed by atoms with Gasteiger partial charge >= 0.3 is 0 Å². The summed E-state index contributed by atoms with van der Waals surface area (Å²) in [6.45, 7) is 11.9. The first-order valence-electron chi connectivity index (χ1n) is 5.99. The maximum Gasteiger partial charge on any atom is -0.0334 e. The monoisotopic (exact) mass is 182 g/mol. The van der Waals surface area contributed by atoms with Crippen LogP contribution in [0.15, 0.2) is 0 Å². The van der Waals surface area contributed by atoms with Gasteiger partial charge in [-0.3, -0.25) is 0 Å². The van der Waals surface area contributed by atoms with Crippen molar-refractivity contribution in [1.82, 2.24) is 0 Å². The fourth-order valence-electron chi connectivity index (χ4n) is 2.62. The van der Waals surface area contributed by atoms with Crippen LogP contribution in [0.4, 0.5) is 0 Å². The Kier molecular flexibility index (Phi) is 3.43. The van der Waals surface area contributed by atoms with Crippen LogP contribution in [0, 0.1) is 23.2 Å². The van der Waals surface area contributed by atoms with E-state index in [1.807, 2.05) is 0 Å². The van der Waals surface area contributed by atoms with Crippen LogP contribution in [0.3, 0.4) is 0 Å². The third-order valence-corrected chi connectivity index (χ3v) is 3.83. The maximum absolute atomic E-state index is 2.39. The lowest BCUT2D eigenvalue weighted by Crippen LogP contribution is -2.10. The molecule has 0 aromatic heterocycles. The molecule has 1 aliphatic carbocycles. The molecule has 13 heavy (non-hydrogen) atoms. The second-order valence-corrected chi connectivity index (χ2v) is 5.89. The summed E-state index contributed by atoms with van der Waals surface area (Å²) in [4.78, 5) is 0. The van der Waals surface area contributed by atoms with Gasteiger partial charge in [-0.1, -0.05) is 47.5 Å². The normalized spacial score (nSPS) is 28.2. The van der Waals surface area contributed by atoms with Gasteiger partial charge in [0.1, 0.15) is 0 Å². The fraction of sp³-hybridized carbons (Fsp3) is 1.00. The Hall–Kier alpha value is 0. The molecule has 1 saturated carbocycles. The van der Waals surface area contributed by atoms with Gasteiger partial charge in [-0.15, -0.1) is 0 Å². The van der Waals surface area contributed by atoms with E-state index in [1.165, 1.54) is 25.7 Å².